The van der Waals surface area contributed by atoms with Gasteiger partial charge < -0.3 is 24.6 Å². The lowest BCUT2D eigenvalue weighted by molar-refractivity contribution is 0.0168. The minimum Gasteiger partial charge on any atom is -0.490 e. The molecule has 1 unspecified atom stereocenters. The summed E-state index contributed by atoms with van der Waals surface area (Å²) in [7, 11) is 1.84. The first-order valence-electron chi connectivity index (χ1n) is 11.5. The summed E-state index contributed by atoms with van der Waals surface area (Å²) in [5.74, 6) is 2.28. The van der Waals surface area contributed by atoms with Gasteiger partial charge in [-0.2, -0.15) is 0 Å². The number of likely N-dealkylation sites (tertiary alicyclic amines) is 2. The molecule has 7 heteroatoms. The van der Waals surface area contributed by atoms with Gasteiger partial charge >= 0.3 is 6.09 Å². The second-order valence-corrected chi connectivity index (χ2v) is 9.48. The lowest BCUT2D eigenvalue weighted by Crippen LogP contribution is -2.50. The van der Waals surface area contributed by atoms with Gasteiger partial charge in [0.2, 0.25) is 0 Å². The van der Waals surface area contributed by atoms with E-state index < -0.39 is 5.60 Å². The molecule has 1 amide bonds. The maximum atomic E-state index is 12.4. The molecule has 0 saturated carbocycles. The smallest absolute Gasteiger partial charge is 0.410 e. The van der Waals surface area contributed by atoms with E-state index in [0.717, 1.165) is 70.1 Å². The zero-order valence-electron chi connectivity index (χ0n) is 19.5. The van der Waals surface area contributed by atoms with Crippen LogP contribution in [-0.2, 0) is 4.74 Å². The van der Waals surface area contributed by atoms with Gasteiger partial charge in [0.25, 0.3) is 0 Å². The molecule has 1 N–H and O–H groups in total. The summed E-state index contributed by atoms with van der Waals surface area (Å²) in [5.41, 5.74) is -0.458. The van der Waals surface area contributed by atoms with E-state index in [1.807, 2.05) is 63.1 Å². The molecule has 2 aliphatic heterocycles. The summed E-state index contributed by atoms with van der Waals surface area (Å²) in [5, 5.41) is 3.54. The number of hydrogen-bond donors (Lipinski definition) is 1. The van der Waals surface area contributed by atoms with Crippen molar-refractivity contribution in [2.24, 2.45) is 10.9 Å². The Hall–Kier alpha value is -2.44. The van der Waals surface area contributed by atoms with Crippen molar-refractivity contribution in [1.29, 1.82) is 0 Å². The Morgan fingerprint density at radius 3 is 2.45 bits per heavy atom. The molecule has 1 aromatic carbocycles. The molecule has 2 heterocycles. The molecule has 7 nitrogen and oxygen atoms in total. The fourth-order valence-electron chi connectivity index (χ4n) is 4.17. The van der Waals surface area contributed by atoms with Gasteiger partial charge in [0, 0.05) is 52.6 Å². The van der Waals surface area contributed by atoms with Crippen LogP contribution in [0.2, 0.25) is 0 Å². The number of carbonyl (C=O) groups excluding carboxylic acids is 1. The number of ether oxygens (including phenoxy) is 2. The van der Waals surface area contributed by atoms with Gasteiger partial charge in [-0.15, -0.1) is 0 Å². The Bertz CT molecular complexity index is 724. The fraction of sp³-hybridized carbons (Fsp3) is 0.667. The highest BCUT2D eigenvalue weighted by Crippen LogP contribution is 2.20. The van der Waals surface area contributed by atoms with Crippen LogP contribution in [0.15, 0.2) is 35.3 Å². The Morgan fingerprint density at radius 2 is 1.81 bits per heavy atom. The molecule has 0 radical (unpaired) electrons. The maximum Gasteiger partial charge on any atom is 0.410 e. The summed E-state index contributed by atoms with van der Waals surface area (Å²) in [6.45, 7) is 9.88. The minimum absolute atomic E-state index is 0.206. The van der Waals surface area contributed by atoms with Gasteiger partial charge in [-0.3, -0.25) is 4.99 Å². The second-order valence-electron chi connectivity index (χ2n) is 9.48. The number of aliphatic imine (C=N–C) groups is 1. The predicted molar refractivity (Wildman–Crippen MR) is 124 cm³/mol. The molecule has 0 bridgehead atoms. The van der Waals surface area contributed by atoms with Crippen molar-refractivity contribution < 1.29 is 14.3 Å². The Kier molecular flexibility index (Phi) is 8.04. The summed E-state index contributed by atoms with van der Waals surface area (Å²) in [6.07, 6.45) is 4.11. The third-order valence-corrected chi connectivity index (χ3v) is 5.72. The number of guanidine groups is 1. The number of piperidine rings is 2. The number of para-hydroxylation sites is 1. The molecule has 172 valence electrons. The van der Waals surface area contributed by atoms with E-state index in [1.165, 1.54) is 0 Å². The first-order valence-corrected chi connectivity index (χ1v) is 11.5. The van der Waals surface area contributed by atoms with Crippen molar-refractivity contribution in [3.8, 4) is 5.75 Å². The zero-order valence-corrected chi connectivity index (χ0v) is 19.5. The van der Waals surface area contributed by atoms with Crippen LogP contribution in [0.4, 0.5) is 4.79 Å². The summed E-state index contributed by atoms with van der Waals surface area (Å²) in [4.78, 5) is 21.0. The standard InChI is InChI=1S/C24H38N4O3/c1-24(2,3)31-23(29)28-14-8-9-19(18-28)17-26-22(25-4)27-15-12-21(13-16-27)30-20-10-6-5-7-11-20/h5-7,10-11,19,21H,8-9,12-18H2,1-4H3,(H,25,26). The van der Waals surface area contributed by atoms with Crippen molar-refractivity contribution in [3.63, 3.8) is 0 Å². The highest BCUT2D eigenvalue weighted by molar-refractivity contribution is 5.80. The van der Waals surface area contributed by atoms with Crippen molar-refractivity contribution >= 4 is 12.1 Å². The van der Waals surface area contributed by atoms with Crippen molar-refractivity contribution in [2.75, 3.05) is 39.8 Å². The Labute approximate surface area is 186 Å². The van der Waals surface area contributed by atoms with Crippen LogP contribution >= 0.6 is 0 Å². The minimum atomic E-state index is -0.458. The number of nitrogens with one attached hydrogen (secondary N) is 1. The van der Waals surface area contributed by atoms with Gasteiger partial charge in [0.05, 0.1) is 0 Å². The molecule has 2 fully saturated rings. The molecule has 3 rings (SSSR count). The van der Waals surface area contributed by atoms with Crippen LogP contribution < -0.4 is 10.1 Å². The molecule has 0 aromatic heterocycles. The fourth-order valence-corrected chi connectivity index (χ4v) is 4.17. The number of amides is 1. The Balaban J connectivity index is 1.42. The van der Waals surface area contributed by atoms with E-state index in [4.69, 9.17) is 9.47 Å². The van der Waals surface area contributed by atoms with E-state index in [9.17, 15) is 4.79 Å². The maximum absolute atomic E-state index is 12.4. The number of carbonyl (C=O) groups is 1. The summed E-state index contributed by atoms with van der Waals surface area (Å²) >= 11 is 0. The normalized spacial score (nSPS) is 21.0. The van der Waals surface area contributed by atoms with Crippen LogP contribution in [0.3, 0.4) is 0 Å². The molecular formula is C24H38N4O3. The monoisotopic (exact) mass is 430 g/mol. The van der Waals surface area contributed by atoms with Gasteiger partial charge in [0.15, 0.2) is 5.96 Å². The van der Waals surface area contributed by atoms with E-state index in [0.29, 0.717) is 5.92 Å². The number of hydrogen-bond acceptors (Lipinski definition) is 4. The van der Waals surface area contributed by atoms with Crippen molar-refractivity contribution in [2.45, 2.75) is 58.2 Å². The first kappa shape index (κ1) is 23.2. The molecule has 31 heavy (non-hydrogen) atoms. The zero-order chi connectivity index (χ0) is 22.3. The topological polar surface area (TPSA) is 66.4 Å². The van der Waals surface area contributed by atoms with Crippen molar-refractivity contribution in [1.82, 2.24) is 15.1 Å². The third-order valence-electron chi connectivity index (χ3n) is 5.72. The van der Waals surface area contributed by atoms with Gasteiger partial charge in [-0.25, -0.2) is 4.79 Å². The van der Waals surface area contributed by atoms with Crippen molar-refractivity contribution in [3.05, 3.63) is 30.3 Å². The average molecular weight is 431 g/mol. The van der Waals surface area contributed by atoms with Crippen LogP contribution in [0, 0.1) is 5.92 Å². The van der Waals surface area contributed by atoms with Crippen LogP contribution in [0.25, 0.3) is 0 Å². The molecule has 0 spiro atoms. The molecule has 1 aromatic rings. The third kappa shape index (κ3) is 7.33. The van der Waals surface area contributed by atoms with Crippen LogP contribution in [0.5, 0.6) is 5.75 Å². The quantitative estimate of drug-likeness (QED) is 0.582. The summed E-state index contributed by atoms with van der Waals surface area (Å²) < 4.78 is 11.6. The lowest BCUT2D eigenvalue weighted by Gasteiger charge is -2.36. The highest BCUT2D eigenvalue weighted by atomic mass is 16.6. The van der Waals surface area contributed by atoms with E-state index in [1.54, 1.807) is 0 Å². The van der Waals surface area contributed by atoms with Gasteiger partial charge in [-0.05, 0) is 51.7 Å². The summed E-state index contributed by atoms with van der Waals surface area (Å²) in [6, 6.07) is 10.0. The predicted octanol–water partition coefficient (Wildman–Crippen LogP) is 3.75. The number of benzene rings is 1. The lowest BCUT2D eigenvalue weighted by atomic mass is 9.98. The molecule has 2 aliphatic rings. The molecule has 1 atom stereocenters. The van der Waals surface area contributed by atoms with E-state index >= 15 is 0 Å². The molecule has 2 saturated heterocycles. The SMILES string of the molecule is CN=C(NCC1CCCN(C(=O)OC(C)(C)C)C1)N1CCC(Oc2ccccc2)CC1. The van der Waals surface area contributed by atoms with E-state index in [-0.39, 0.29) is 12.2 Å². The Morgan fingerprint density at radius 1 is 1.10 bits per heavy atom. The van der Waals surface area contributed by atoms with Gasteiger partial charge in [-0.1, -0.05) is 18.2 Å². The van der Waals surface area contributed by atoms with E-state index in [2.05, 4.69) is 15.2 Å². The van der Waals surface area contributed by atoms with Crippen LogP contribution in [-0.4, -0.2) is 73.3 Å². The number of rotatable bonds is 4. The van der Waals surface area contributed by atoms with Gasteiger partial charge in [0.1, 0.15) is 17.5 Å². The largest absolute Gasteiger partial charge is 0.490 e. The average Bonchev–Trinajstić information content (AvgIpc) is 2.75. The number of nitrogens with zero attached hydrogens (tertiary/aromatic N) is 3. The second kappa shape index (κ2) is 10.7. The highest BCUT2D eigenvalue weighted by Gasteiger charge is 2.28. The first-order chi connectivity index (χ1) is 14.8. The molecule has 0 aliphatic carbocycles. The molecular weight excluding hydrogens is 392 g/mol. The van der Waals surface area contributed by atoms with Crippen LogP contribution in [0.1, 0.15) is 46.5 Å².